The van der Waals surface area contributed by atoms with Crippen LogP contribution < -0.4 is 10.1 Å². The number of rotatable bonds is 5. The van der Waals surface area contributed by atoms with Gasteiger partial charge in [-0.05, 0) is 37.8 Å². The van der Waals surface area contributed by atoms with Crippen LogP contribution in [0.3, 0.4) is 0 Å². The average molecular weight is 236 g/mol. The SMILES string of the molecule is CCOc1cncc(CN[C@@H]2CCC[C@H]2O)c1. The third-order valence-corrected chi connectivity index (χ3v) is 3.13. The Labute approximate surface area is 102 Å². The fourth-order valence-electron chi connectivity index (χ4n) is 2.23. The van der Waals surface area contributed by atoms with E-state index < -0.39 is 0 Å². The van der Waals surface area contributed by atoms with Crippen LogP contribution in [0.25, 0.3) is 0 Å². The van der Waals surface area contributed by atoms with Crippen molar-refractivity contribution in [2.45, 2.75) is 44.9 Å². The summed E-state index contributed by atoms with van der Waals surface area (Å²) in [5.41, 5.74) is 1.09. The van der Waals surface area contributed by atoms with Gasteiger partial charge in [0.1, 0.15) is 5.75 Å². The molecule has 0 aromatic carbocycles. The van der Waals surface area contributed by atoms with Crippen LogP contribution >= 0.6 is 0 Å². The van der Waals surface area contributed by atoms with Gasteiger partial charge in [-0.1, -0.05) is 0 Å². The van der Waals surface area contributed by atoms with Crippen molar-refractivity contribution in [2.75, 3.05) is 6.61 Å². The minimum Gasteiger partial charge on any atom is -0.492 e. The van der Waals surface area contributed by atoms with Crippen molar-refractivity contribution in [2.24, 2.45) is 0 Å². The molecule has 0 spiro atoms. The Balaban J connectivity index is 1.87. The molecule has 1 aliphatic rings. The molecule has 4 heteroatoms. The molecule has 2 rings (SSSR count). The fourth-order valence-corrected chi connectivity index (χ4v) is 2.23. The summed E-state index contributed by atoms with van der Waals surface area (Å²) in [4.78, 5) is 4.14. The molecule has 2 atom stereocenters. The highest BCUT2D eigenvalue weighted by molar-refractivity contribution is 5.23. The second-order valence-electron chi connectivity index (χ2n) is 4.45. The number of nitrogens with zero attached hydrogens (tertiary/aromatic N) is 1. The van der Waals surface area contributed by atoms with Crippen molar-refractivity contribution in [1.29, 1.82) is 0 Å². The van der Waals surface area contributed by atoms with Crippen LogP contribution in [-0.2, 0) is 6.54 Å². The first-order chi connectivity index (χ1) is 8.29. The van der Waals surface area contributed by atoms with Gasteiger partial charge >= 0.3 is 0 Å². The zero-order chi connectivity index (χ0) is 12.1. The summed E-state index contributed by atoms with van der Waals surface area (Å²) < 4.78 is 5.40. The highest BCUT2D eigenvalue weighted by Crippen LogP contribution is 2.19. The normalized spacial score (nSPS) is 23.9. The standard InChI is InChI=1S/C13H20N2O2/c1-2-17-11-6-10(7-14-9-11)8-15-12-4-3-5-13(12)16/h6-7,9,12-13,15-16H,2-5,8H2,1H3/t12-,13-/m1/s1. The molecule has 1 aromatic heterocycles. The number of aliphatic hydroxyl groups is 1. The average Bonchev–Trinajstić information content (AvgIpc) is 2.73. The largest absolute Gasteiger partial charge is 0.492 e. The zero-order valence-corrected chi connectivity index (χ0v) is 10.2. The Morgan fingerprint density at radius 1 is 1.47 bits per heavy atom. The fraction of sp³-hybridized carbons (Fsp3) is 0.615. The zero-order valence-electron chi connectivity index (χ0n) is 10.2. The molecule has 0 unspecified atom stereocenters. The Morgan fingerprint density at radius 3 is 3.06 bits per heavy atom. The van der Waals surface area contributed by atoms with E-state index in [0.717, 1.165) is 37.1 Å². The van der Waals surface area contributed by atoms with E-state index in [1.54, 1.807) is 6.20 Å². The highest BCUT2D eigenvalue weighted by Gasteiger charge is 2.24. The van der Waals surface area contributed by atoms with Crippen molar-refractivity contribution in [1.82, 2.24) is 10.3 Å². The van der Waals surface area contributed by atoms with E-state index in [0.29, 0.717) is 6.61 Å². The summed E-state index contributed by atoms with van der Waals surface area (Å²) in [6.07, 6.45) is 6.43. The van der Waals surface area contributed by atoms with Gasteiger partial charge in [0.25, 0.3) is 0 Å². The summed E-state index contributed by atoms with van der Waals surface area (Å²) in [5.74, 6) is 0.804. The van der Waals surface area contributed by atoms with Gasteiger partial charge in [0.15, 0.2) is 0 Å². The van der Waals surface area contributed by atoms with Gasteiger partial charge in [0.05, 0.1) is 18.9 Å². The predicted octanol–water partition coefficient (Wildman–Crippen LogP) is 1.48. The van der Waals surface area contributed by atoms with Crippen LogP contribution in [0.4, 0.5) is 0 Å². The predicted molar refractivity (Wildman–Crippen MR) is 65.9 cm³/mol. The number of aromatic nitrogens is 1. The number of hydrogen-bond acceptors (Lipinski definition) is 4. The van der Waals surface area contributed by atoms with Crippen molar-refractivity contribution >= 4 is 0 Å². The van der Waals surface area contributed by atoms with E-state index in [2.05, 4.69) is 10.3 Å². The van der Waals surface area contributed by atoms with Gasteiger partial charge in [-0.15, -0.1) is 0 Å². The lowest BCUT2D eigenvalue weighted by molar-refractivity contribution is 0.148. The summed E-state index contributed by atoms with van der Waals surface area (Å²) in [6, 6.07) is 2.22. The molecular formula is C13H20N2O2. The maximum absolute atomic E-state index is 9.70. The van der Waals surface area contributed by atoms with Gasteiger partial charge in [0.2, 0.25) is 0 Å². The Hall–Kier alpha value is -1.13. The number of hydrogen-bond donors (Lipinski definition) is 2. The van der Waals surface area contributed by atoms with Crippen LogP contribution in [0.1, 0.15) is 31.7 Å². The van der Waals surface area contributed by atoms with Crippen LogP contribution in [0.15, 0.2) is 18.5 Å². The molecule has 0 bridgehead atoms. The Morgan fingerprint density at radius 2 is 2.35 bits per heavy atom. The highest BCUT2D eigenvalue weighted by atomic mass is 16.5. The van der Waals surface area contributed by atoms with Crippen molar-refractivity contribution in [3.63, 3.8) is 0 Å². The first kappa shape index (κ1) is 12.3. The molecule has 1 fully saturated rings. The molecule has 17 heavy (non-hydrogen) atoms. The lowest BCUT2D eigenvalue weighted by Gasteiger charge is -2.16. The topological polar surface area (TPSA) is 54.4 Å². The van der Waals surface area contributed by atoms with E-state index in [9.17, 15) is 5.11 Å². The summed E-state index contributed by atoms with van der Waals surface area (Å²) in [7, 11) is 0. The number of pyridine rings is 1. The van der Waals surface area contributed by atoms with Crippen molar-refractivity contribution < 1.29 is 9.84 Å². The number of ether oxygens (including phenoxy) is 1. The minimum atomic E-state index is -0.196. The van der Waals surface area contributed by atoms with Crippen molar-refractivity contribution in [3.05, 3.63) is 24.0 Å². The van der Waals surface area contributed by atoms with Crippen LogP contribution in [0.2, 0.25) is 0 Å². The van der Waals surface area contributed by atoms with Gasteiger partial charge in [-0.2, -0.15) is 0 Å². The lowest BCUT2D eigenvalue weighted by Crippen LogP contribution is -2.35. The van der Waals surface area contributed by atoms with E-state index >= 15 is 0 Å². The molecule has 0 amide bonds. The first-order valence-corrected chi connectivity index (χ1v) is 6.27. The molecule has 1 aromatic rings. The number of aliphatic hydroxyl groups excluding tert-OH is 1. The third-order valence-electron chi connectivity index (χ3n) is 3.13. The maximum atomic E-state index is 9.70. The van der Waals surface area contributed by atoms with Crippen LogP contribution in [0, 0.1) is 0 Å². The number of nitrogens with one attached hydrogen (secondary N) is 1. The Bertz CT molecular complexity index is 357. The molecule has 1 saturated carbocycles. The quantitative estimate of drug-likeness (QED) is 0.813. The van der Waals surface area contributed by atoms with Crippen LogP contribution in [-0.4, -0.2) is 28.8 Å². The second kappa shape index (κ2) is 5.98. The molecule has 2 N–H and O–H groups in total. The summed E-state index contributed by atoms with van der Waals surface area (Å²) >= 11 is 0. The monoisotopic (exact) mass is 236 g/mol. The van der Waals surface area contributed by atoms with Crippen LogP contribution in [0.5, 0.6) is 5.75 Å². The Kier molecular flexibility index (Phi) is 4.34. The van der Waals surface area contributed by atoms with Crippen molar-refractivity contribution in [3.8, 4) is 5.75 Å². The van der Waals surface area contributed by atoms with Gasteiger partial charge in [-0.25, -0.2) is 0 Å². The van der Waals surface area contributed by atoms with Gasteiger partial charge < -0.3 is 15.2 Å². The molecular weight excluding hydrogens is 216 g/mol. The molecule has 0 radical (unpaired) electrons. The first-order valence-electron chi connectivity index (χ1n) is 6.27. The summed E-state index contributed by atoms with van der Waals surface area (Å²) in [5, 5.41) is 13.1. The third kappa shape index (κ3) is 3.41. The maximum Gasteiger partial charge on any atom is 0.137 e. The molecule has 94 valence electrons. The smallest absolute Gasteiger partial charge is 0.137 e. The van der Waals surface area contributed by atoms with Gasteiger partial charge in [-0.3, -0.25) is 4.98 Å². The van der Waals surface area contributed by atoms with E-state index in [4.69, 9.17) is 4.74 Å². The minimum absolute atomic E-state index is 0.196. The second-order valence-corrected chi connectivity index (χ2v) is 4.45. The van der Waals surface area contributed by atoms with Gasteiger partial charge in [0, 0.05) is 18.8 Å². The van der Waals surface area contributed by atoms with E-state index in [1.165, 1.54) is 0 Å². The lowest BCUT2D eigenvalue weighted by atomic mass is 10.2. The summed E-state index contributed by atoms with van der Waals surface area (Å²) in [6.45, 7) is 3.34. The molecule has 0 aliphatic heterocycles. The molecule has 1 heterocycles. The molecule has 4 nitrogen and oxygen atoms in total. The van der Waals surface area contributed by atoms with E-state index in [1.807, 2.05) is 19.2 Å². The van der Waals surface area contributed by atoms with E-state index in [-0.39, 0.29) is 12.1 Å². The molecule has 0 saturated heterocycles. The molecule has 1 aliphatic carbocycles.